The van der Waals surface area contributed by atoms with Crippen LogP contribution in [0.25, 0.3) is 67.3 Å². The molecule has 55 heavy (non-hydrogen) atoms. The van der Waals surface area contributed by atoms with Crippen molar-refractivity contribution in [3.05, 3.63) is 239 Å². The van der Waals surface area contributed by atoms with E-state index in [-0.39, 0.29) is 0 Å². The number of benzene rings is 8. The number of allylic oxidation sites excluding steroid dienone is 1. The van der Waals surface area contributed by atoms with Gasteiger partial charge in [0.15, 0.2) is 0 Å². The Hall–Kier alpha value is -6.96. The van der Waals surface area contributed by atoms with Crippen LogP contribution in [0.5, 0.6) is 0 Å². The Bertz CT molecular complexity index is 2930. The summed E-state index contributed by atoms with van der Waals surface area (Å²) >= 11 is 0. The third kappa shape index (κ3) is 4.87. The maximum atomic E-state index is 6.74. The lowest BCUT2D eigenvalue weighted by Crippen LogP contribution is -2.26. The minimum Gasteiger partial charge on any atom is -0.456 e. The van der Waals surface area contributed by atoms with Crippen molar-refractivity contribution in [2.75, 3.05) is 0 Å². The molecule has 0 bridgehead atoms. The predicted octanol–water partition coefficient (Wildman–Crippen LogP) is 13.9. The molecule has 2 aliphatic rings. The van der Waals surface area contributed by atoms with Gasteiger partial charge < -0.3 is 4.42 Å². The molecule has 1 unspecified atom stereocenters. The van der Waals surface area contributed by atoms with Crippen molar-refractivity contribution in [3.8, 4) is 44.7 Å². The van der Waals surface area contributed by atoms with Gasteiger partial charge in [-0.25, -0.2) is 0 Å². The summed E-state index contributed by atoms with van der Waals surface area (Å²) in [6, 6.07) is 72.9. The molecule has 0 fully saturated rings. The average Bonchev–Trinajstić information content (AvgIpc) is 3.88. The molecule has 1 heterocycles. The highest BCUT2D eigenvalue weighted by molar-refractivity contribution is 6.02. The van der Waals surface area contributed by atoms with E-state index in [2.05, 4.69) is 206 Å². The fourth-order valence-corrected chi connectivity index (χ4v) is 9.43. The number of hydrogen-bond acceptors (Lipinski definition) is 1. The van der Waals surface area contributed by atoms with Crippen LogP contribution < -0.4 is 0 Å². The summed E-state index contributed by atoms with van der Waals surface area (Å²) < 4.78 is 6.74. The van der Waals surface area contributed by atoms with E-state index in [0.29, 0.717) is 0 Å². The number of fused-ring (bicyclic) bond motifs is 12. The van der Waals surface area contributed by atoms with Crippen molar-refractivity contribution < 1.29 is 4.42 Å². The summed E-state index contributed by atoms with van der Waals surface area (Å²) in [4.78, 5) is 0. The Morgan fingerprint density at radius 2 is 1.04 bits per heavy atom. The lowest BCUT2D eigenvalue weighted by molar-refractivity contribution is 0.628. The molecule has 1 nitrogen and oxygen atoms in total. The van der Waals surface area contributed by atoms with Crippen molar-refractivity contribution in [1.29, 1.82) is 0 Å². The van der Waals surface area contributed by atoms with Gasteiger partial charge in [0.2, 0.25) is 0 Å². The van der Waals surface area contributed by atoms with Gasteiger partial charge in [-0.1, -0.05) is 194 Å². The highest BCUT2D eigenvalue weighted by Gasteiger charge is 2.54. The van der Waals surface area contributed by atoms with Crippen LogP contribution in [0.4, 0.5) is 0 Å². The highest BCUT2D eigenvalue weighted by atomic mass is 16.3. The monoisotopic (exact) mass is 700 g/mol. The molecule has 1 spiro atoms. The summed E-state index contributed by atoms with van der Waals surface area (Å²) in [6.45, 7) is 0. The summed E-state index contributed by atoms with van der Waals surface area (Å²) in [7, 11) is 0. The van der Waals surface area contributed by atoms with Crippen LogP contribution in [0.1, 0.15) is 38.9 Å². The van der Waals surface area contributed by atoms with E-state index in [1.807, 2.05) is 0 Å². The molecule has 1 aromatic heterocycles. The molecular weight excluding hydrogens is 665 g/mol. The van der Waals surface area contributed by atoms with E-state index in [1.54, 1.807) is 0 Å². The van der Waals surface area contributed by atoms with Gasteiger partial charge >= 0.3 is 0 Å². The molecular formula is C54H36O. The second kappa shape index (κ2) is 12.6. The topological polar surface area (TPSA) is 13.1 Å². The fraction of sp³-hybridized carbons (Fsp3) is 0.0370. The lowest BCUT2D eigenvalue weighted by atomic mass is 9.70. The third-order valence-electron chi connectivity index (χ3n) is 11.7. The van der Waals surface area contributed by atoms with Crippen LogP contribution in [-0.4, -0.2) is 0 Å². The number of hydrogen-bond donors (Lipinski definition) is 0. The number of rotatable bonds is 6. The minimum absolute atomic E-state index is 0.477. The maximum absolute atomic E-state index is 6.74. The van der Waals surface area contributed by atoms with Crippen molar-refractivity contribution >= 4 is 22.6 Å². The van der Waals surface area contributed by atoms with Crippen molar-refractivity contribution in [1.82, 2.24) is 0 Å². The molecule has 0 aliphatic heterocycles. The summed E-state index contributed by atoms with van der Waals surface area (Å²) in [6.07, 6.45) is 3.17. The van der Waals surface area contributed by atoms with Crippen LogP contribution in [0.15, 0.2) is 205 Å². The van der Waals surface area contributed by atoms with Gasteiger partial charge in [0.05, 0.1) is 5.41 Å². The molecule has 0 N–H and O–H groups in total. The summed E-state index contributed by atoms with van der Waals surface area (Å²) in [5.41, 5.74) is 19.3. The first-order chi connectivity index (χ1) is 27.3. The van der Waals surface area contributed by atoms with Crippen molar-refractivity contribution in [2.45, 2.75) is 11.8 Å². The zero-order chi connectivity index (χ0) is 36.3. The second-order valence-corrected chi connectivity index (χ2v) is 14.8. The normalized spacial score (nSPS) is 15.2. The Morgan fingerprint density at radius 3 is 1.80 bits per heavy atom. The molecule has 2 aliphatic carbocycles. The van der Waals surface area contributed by atoms with Gasteiger partial charge in [0.1, 0.15) is 11.3 Å². The smallest absolute Gasteiger partial charge is 0.140 e. The zero-order valence-electron chi connectivity index (χ0n) is 30.2. The largest absolute Gasteiger partial charge is 0.456 e. The lowest BCUT2D eigenvalue weighted by Gasteiger charge is -2.30. The van der Waals surface area contributed by atoms with E-state index in [9.17, 15) is 0 Å². The Morgan fingerprint density at radius 1 is 0.455 bits per heavy atom. The molecule has 11 rings (SSSR count). The van der Waals surface area contributed by atoms with Crippen molar-refractivity contribution in [2.24, 2.45) is 0 Å². The van der Waals surface area contributed by atoms with E-state index < -0.39 is 5.41 Å². The van der Waals surface area contributed by atoms with Crippen LogP contribution in [0.2, 0.25) is 0 Å². The van der Waals surface area contributed by atoms with Gasteiger partial charge in [-0.2, -0.15) is 0 Å². The summed E-state index contributed by atoms with van der Waals surface area (Å²) in [5, 5.41) is 1.18. The predicted molar refractivity (Wildman–Crippen MR) is 228 cm³/mol. The van der Waals surface area contributed by atoms with Gasteiger partial charge in [-0.05, 0) is 90.9 Å². The molecule has 1 heteroatoms. The Labute approximate surface area is 321 Å². The van der Waals surface area contributed by atoms with Crippen LogP contribution in [-0.2, 0) is 11.8 Å². The molecule has 8 aromatic carbocycles. The molecule has 258 valence electrons. The fourth-order valence-electron chi connectivity index (χ4n) is 9.43. The van der Waals surface area contributed by atoms with Crippen LogP contribution in [0, 0.1) is 0 Å². The molecule has 0 radical (unpaired) electrons. The first-order valence-corrected chi connectivity index (χ1v) is 19.1. The van der Waals surface area contributed by atoms with Gasteiger partial charge in [-0.15, -0.1) is 0 Å². The second-order valence-electron chi connectivity index (χ2n) is 14.8. The molecule has 0 saturated heterocycles. The van der Waals surface area contributed by atoms with Gasteiger partial charge in [0, 0.05) is 16.5 Å². The number of furan rings is 1. The quantitative estimate of drug-likeness (QED) is 0.157. The molecule has 9 aromatic rings. The van der Waals surface area contributed by atoms with Crippen LogP contribution in [0.3, 0.4) is 0 Å². The SMILES string of the molecule is C(=C(\Cc1ccc2c(c1)C1(c3ccccc3-2)c2ccccc2-c2oc3ccccc3c21)c1ccccc1)/c1ccc(-c2ccccc2)c(-c2ccccc2)c1. The van der Waals surface area contributed by atoms with E-state index in [4.69, 9.17) is 4.42 Å². The first-order valence-electron chi connectivity index (χ1n) is 19.1. The van der Waals surface area contributed by atoms with E-state index in [0.717, 1.165) is 17.8 Å². The molecule has 1 atom stereocenters. The van der Waals surface area contributed by atoms with Crippen LogP contribution >= 0.6 is 0 Å². The minimum atomic E-state index is -0.477. The van der Waals surface area contributed by atoms with E-state index in [1.165, 1.54) is 88.8 Å². The maximum Gasteiger partial charge on any atom is 0.140 e. The standard InChI is InChI=1S/C54H36O/c1-4-16-38(17-5-1)41(32-36-28-30-42(39-18-6-2-7-19-39)47(34-36)40-20-8-3-9-21-40)33-37-29-31-44-43-22-10-13-25-48(43)54(50(44)35-37)49-26-14-11-23-45(49)53-52(54)46-24-12-15-27-51(46)55-53/h1-32,34-35H,33H2/b41-32-. The van der Waals surface area contributed by atoms with Gasteiger partial charge in [-0.3, -0.25) is 0 Å². The Kier molecular flexibility index (Phi) is 7.22. The van der Waals surface area contributed by atoms with E-state index >= 15 is 0 Å². The average molecular weight is 701 g/mol. The Balaban J connectivity index is 1.09. The zero-order valence-corrected chi connectivity index (χ0v) is 30.2. The highest BCUT2D eigenvalue weighted by Crippen LogP contribution is 2.64. The third-order valence-corrected chi connectivity index (χ3v) is 11.7. The van der Waals surface area contributed by atoms with Crippen molar-refractivity contribution in [3.63, 3.8) is 0 Å². The first kappa shape index (κ1) is 31.6. The van der Waals surface area contributed by atoms with Gasteiger partial charge in [0.25, 0.3) is 0 Å². The molecule has 0 amide bonds. The number of para-hydroxylation sites is 1. The summed E-state index contributed by atoms with van der Waals surface area (Å²) in [5.74, 6) is 0.989. The molecule has 0 saturated carbocycles.